The molecule has 7 heteroatoms. The molecule has 1 heterocycles. The number of rotatable bonds is 1. The Morgan fingerprint density at radius 2 is 1.58 bits per heavy atom. The fourth-order valence-corrected chi connectivity index (χ4v) is 1.87. The lowest BCUT2D eigenvalue weighted by Crippen LogP contribution is -2.68. The van der Waals surface area contributed by atoms with E-state index in [1.54, 1.807) is 7.11 Å². The van der Waals surface area contributed by atoms with Crippen molar-refractivity contribution in [1.29, 1.82) is 0 Å². The van der Waals surface area contributed by atoms with Gasteiger partial charge in [0.05, 0.1) is 5.39 Å². The second kappa shape index (κ2) is 6.14. The molecular weight excluding hydrogens is 274 g/mol. The van der Waals surface area contributed by atoms with Crippen molar-refractivity contribution < 1.29 is 38.4 Å². The van der Waals surface area contributed by atoms with Crippen LogP contribution in [0.15, 0.2) is 30.3 Å². The van der Waals surface area contributed by atoms with E-state index in [9.17, 15) is 0 Å². The first kappa shape index (κ1) is 15.6. The van der Waals surface area contributed by atoms with E-state index in [1.165, 1.54) is 10.9 Å². The van der Waals surface area contributed by atoms with Crippen molar-refractivity contribution in [2.75, 3.05) is 7.11 Å². The molecule has 0 fully saturated rings. The maximum Gasteiger partial charge on any atom is 0.265 e. The maximum atomic E-state index is 8.49. The van der Waals surface area contributed by atoms with Crippen molar-refractivity contribution in [3.8, 4) is 0 Å². The zero-order valence-electron chi connectivity index (χ0n) is 10.8. The largest absolute Gasteiger partial charge is 0.274 e. The first-order chi connectivity index (χ1) is 8.74. The van der Waals surface area contributed by atoms with Crippen molar-refractivity contribution >= 4 is 10.9 Å². The van der Waals surface area contributed by atoms with Crippen LogP contribution in [0.3, 0.4) is 0 Å². The Morgan fingerprint density at radius 1 is 1.05 bits per heavy atom. The molecule has 0 aliphatic rings. The van der Waals surface area contributed by atoms with Gasteiger partial charge in [0.2, 0.25) is 5.69 Å². The number of halogens is 1. The van der Waals surface area contributed by atoms with E-state index in [0.717, 1.165) is 11.2 Å². The predicted molar refractivity (Wildman–Crippen MR) is 56.1 cm³/mol. The van der Waals surface area contributed by atoms with Gasteiger partial charge < -0.3 is 0 Å². The molecule has 0 saturated carbocycles. The molecule has 1 aromatic carbocycles. The fourth-order valence-electron chi connectivity index (χ4n) is 1.87. The molecule has 0 aliphatic carbocycles. The molecule has 1 aromatic heterocycles. The Balaban J connectivity index is 0.000000312. The molecule has 6 nitrogen and oxygen atoms in total. The van der Waals surface area contributed by atoms with Gasteiger partial charge in [-0.3, -0.25) is 4.84 Å². The Labute approximate surface area is 112 Å². The molecule has 0 radical (unpaired) electrons. The molecule has 0 atom stereocenters. The minimum atomic E-state index is -4.94. The molecular formula is C12H14ClNO5. The highest BCUT2D eigenvalue weighted by atomic mass is 35.7. The zero-order chi connectivity index (χ0) is 14.6. The third-order valence-corrected chi connectivity index (χ3v) is 2.48. The van der Waals surface area contributed by atoms with E-state index in [4.69, 9.17) is 23.5 Å². The molecule has 0 spiro atoms. The smallest absolute Gasteiger partial charge is 0.265 e. The van der Waals surface area contributed by atoms with Gasteiger partial charge in [-0.2, -0.15) is 0 Å². The number of hydrogen-bond acceptors (Lipinski definition) is 5. The van der Waals surface area contributed by atoms with Crippen LogP contribution in [0.4, 0.5) is 0 Å². The van der Waals surface area contributed by atoms with Crippen molar-refractivity contribution in [3.63, 3.8) is 0 Å². The van der Waals surface area contributed by atoms with Gasteiger partial charge in [-0.25, -0.2) is 18.6 Å². The Hall–Kier alpha value is -1.44. The van der Waals surface area contributed by atoms with Crippen LogP contribution in [0.1, 0.15) is 11.3 Å². The summed E-state index contributed by atoms with van der Waals surface area (Å²) in [5.41, 5.74) is 3.52. The summed E-state index contributed by atoms with van der Waals surface area (Å²) in [7, 11) is -3.26. The third kappa shape index (κ3) is 4.62. The lowest BCUT2D eigenvalue weighted by Gasteiger charge is -2.17. The van der Waals surface area contributed by atoms with Crippen molar-refractivity contribution in [3.05, 3.63) is 41.6 Å². The number of aromatic nitrogens is 1. The molecule has 2 rings (SSSR count). The van der Waals surface area contributed by atoms with Gasteiger partial charge in [-0.05, 0) is 18.6 Å². The maximum absolute atomic E-state index is 8.49. The number of aryl methyl sites for hydroxylation is 2. The molecule has 0 amide bonds. The van der Waals surface area contributed by atoms with Crippen LogP contribution in [0.25, 0.3) is 10.9 Å². The monoisotopic (exact) mass is 287 g/mol. The molecule has 0 N–H and O–H groups in total. The number of benzene rings is 1. The highest BCUT2D eigenvalue weighted by molar-refractivity contribution is 5.79. The van der Waals surface area contributed by atoms with Gasteiger partial charge in [0.25, 0.3) is 5.52 Å². The Bertz CT molecular complexity index is 562. The SMILES string of the molecule is CO[n+]1c(C)cc(C)c2ccccc21.[O-][Cl+3]([O-])([O-])[O-]. The standard InChI is InChI=1S/C12H14NO.ClHO4/c1-9-8-10(2)13(14-3)12-7-5-4-6-11(9)12;2-1(3,4)5/h4-8H,1-3H3;(H,2,3,4,5)/q+1;/p-1. The molecule has 2 aromatic rings. The summed E-state index contributed by atoms with van der Waals surface area (Å²) >= 11 is 0. The number of para-hydroxylation sites is 1. The summed E-state index contributed by atoms with van der Waals surface area (Å²) in [4.78, 5) is 5.33. The van der Waals surface area contributed by atoms with E-state index < -0.39 is 10.2 Å². The van der Waals surface area contributed by atoms with E-state index in [2.05, 4.69) is 25.1 Å². The quantitative estimate of drug-likeness (QED) is 0.521. The molecule has 19 heavy (non-hydrogen) atoms. The lowest BCUT2D eigenvalue weighted by atomic mass is 10.1. The van der Waals surface area contributed by atoms with Crippen LogP contribution in [-0.2, 0) is 0 Å². The topological polar surface area (TPSA) is 105 Å². The van der Waals surface area contributed by atoms with Gasteiger partial charge in [0.1, 0.15) is 7.11 Å². The summed E-state index contributed by atoms with van der Waals surface area (Å²) in [6, 6.07) is 10.4. The second-order valence-corrected chi connectivity index (χ2v) is 4.60. The highest BCUT2D eigenvalue weighted by Crippen LogP contribution is 2.14. The van der Waals surface area contributed by atoms with Crippen LogP contribution < -0.4 is 28.2 Å². The predicted octanol–water partition coefficient (Wildman–Crippen LogP) is -2.95. The van der Waals surface area contributed by atoms with Gasteiger partial charge in [0, 0.05) is 23.8 Å². The summed E-state index contributed by atoms with van der Waals surface area (Å²) in [6.07, 6.45) is 0. The number of hydrogen-bond donors (Lipinski definition) is 0. The van der Waals surface area contributed by atoms with Gasteiger partial charge in [-0.15, -0.1) is 10.2 Å². The minimum Gasteiger partial charge on any atom is -0.274 e. The summed E-state index contributed by atoms with van der Waals surface area (Å²) in [5.74, 6) is 0. The molecule has 0 saturated heterocycles. The normalized spacial score (nSPS) is 10.9. The minimum absolute atomic E-state index is 1.11. The van der Waals surface area contributed by atoms with Gasteiger partial charge in [0.15, 0.2) is 0 Å². The summed E-state index contributed by atoms with van der Waals surface area (Å²) in [5, 5.41) is 1.24. The van der Waals surface area contributed by atoms with Gasteiger partial charge >= 0.3 is 0 Å². The Morgan fingerprint density at radius 3 is 2.11 bits per heavy atom. The van der Waals surface area contributed by atoms with Crippen LogP contribution in [0.2, 0.25) is 0 Å². The third-order valence-electron chi connectivity index (χ3n) is 2.48. The average Bonchev–Trinajstić information content (AvgIpc) is 2.27. The van der Waals surface area contributed by atoms with Crippen LogP contribution in [0.5, 0.6) is 0 Å². The van der Waals surface area contributed by atoms with E-state index >= 15 is 0 Å². The van der Waals surface area contributed by atoms with Crippen LogP contribution in [0, 0.1) is 24.1 Å². The molecule has 0 unspecified atom stereocenters. The number of pyridine rings is 1. The summed E-state index contributed by atoms with van der Waals surface area (Å²) in [6.45, 7) is 4.16. The second-order valence-electron chi connectivity index (χ2n) is 3.84. The number of nitrogens with zero attached hydrogens (tertiary/aromatic N) is 1. The number of fused-ring (bicyclic) bond motifs is 1. The lowest BCUT2D eigenvalue weighted by molar-refractivity contribution is -2.00. The average molecular weight is 288 g/mol. The van der Waals surface area contributed by atoms with Crippen molar-refractivity contribution in [2.45, 2.75) is 13.8 Å². The highest BCUT2D eigenvalue weighted by Gasteiger charge is 2.14. The van der Waals surface area contributed by atoms with Crippen molar-refractivity contribution in [2.24, 2.45) is 0 Å². The van der Waals surface area contributed by atoms with E-state index in [1.807, 2.05) is 23.8 Å². The Kier molecular flexibility index (Phi) is 5.04. The molecule has 0 bridgehead atoms. The first-order valence-corrected chi connectivity index (χ1v) is 6.54. The van der Waals surface area contributed by atoms with Crippen LogP contribution in [-0.4, -0.2) is 7.11 Å². The molecule has 104 valence electrons. The van der Waals surface area contributed by atoms with Crippen LogP contribution >= 0.6 is 0 Å². The van der Waals surface area contributed by atoms with Crippen molar-refractivity contribution in [1.82, 2.24) is 0 Å². The zero-order valence-corrected chi connectivity index (χ0v) is 11.5. The first-order valence-electron chi connectivity index (χ1n) is 5.31. The molecule has 0 aliphatic heterocycles. The van der Waals surface area contributed by atoms with E-state index in [-0.39, 0.29) is 0 Å². The fraction of sp³-hybridized carbons (Fsp3) is 0.250. The van der Waals surface area contributed by atoms with Gasteiger partial charge in [-0.1, -0.05) is 12.1 Å². The summed E-state index contributed by atoms with van der Waals surface area (Å²) < 4.78 is 35.8. The van der Waals surface area contributed by atoms with E-state index in [0.29, 0.717) is 0 Å².